The van der Waals surface area contributed by atoms with Gasteiger partial charge < -0.3 is 10.1 Å². The first-order valence-electron chi connectivity index (χ1n) is 4.49. The van der Waals surface area contributed by atoms with E-state index in [0.29, 0.717) is 17.1 Å². The van der Waals surface area contributed by atoms with Crippen molar-refractivity contribution < 1.29 is 4.39 Å². The summed E-state index contributed by atoms with van der Waals surface area (Å²) in [4.78, 5) is 4.67. The van der Waals surface area contributed by atoms with E-state index in [1.807, 2.05) is 6.92 Å². The maximum Gasteiger partial charge on any atom is 0.139 e. The van der Waals surface area contributed by atoms with Gasteiger partial charge in [-0.2, -0.15) is 0 Å². The lowest BCUT2D eigenvalue weighted by molar-refractivity contribution is 0.618. The molecule has 0 saturated carbocycles. The summed E-state index contributed by atoms with van der Waals surface area (Å²) in [6.07, 6.45) is 1.83. The van der Waals surface area contributed by atoms with Crippen LogP contribution in [-0.4, -0.2) is 14.4 Å². The number of hydrogen-bond acceptors (Lipinski definition) is 2. The molecule has 0 radical (unpaired) electrons. The summed E-state index contributed by atoms with van der Waals surface area (Å²) >= 11 is 4.84. The van der Waals surface area contributed by atoms with E-state index in [9.17, 15) is 4.39 Å². The molecule has 5 heteroatoms. The smallest absolute Gasteiger partial charge is 0.139 e. The Balaban J connectivity index is 2.65. The summed E-state index contributed by atoms with van der Waals surface area (Å²) in [5, 5.41) is 0. The van der Waals surface area contributed by atoms with Crippen LogP contribution >= 0.6 is 12.2 Å². The largest absolute Gasteiger partial charge is 0.393 e. The van der Waals surface area contributed by atoms with Gasteiger partial charge in [0.05, 0.1) is 16.4 Å². The minimum absolute atomic E-state index is 0.302. The third-order valence-electron chi connectivity index (χ3n) is 2.22. The molecule has 0 aliphatic carbocycles. The first kappa shape index (κ1) is 10.0. The molecule has 0 atom stereocenters. The molecular formula is C10H10FN3S. The molecule has 0 amide bonds. The summed E-state index contributed by atoms with van der Waals surface area (Å²) in [5.41, 5.74) is 7.86. The van der Waals surface area contributed by atoms with Gasteiger partial charge >= 0.3 is 0 Å². The quantitative estimate of drug-likeness (QED) is 0.787. The normalized spacial score (nSPS) is 10.8. The van der Waals surface area contributed by atoms with Gasteiger partial charge in [-0.3, -0.25) is 0 Å². The van der Waals surface area contributed by atoms with Crippen LogP contribution in [0.25, 0.3) is 5.65 Å². The molecule has 0 bridgehead atoms. The van der Waals surface area contributed by atoms with Crippen molar-refractivity contribution in [2.45, 2.75) is 13.3 Å². The van der Waals surface area contributed by atoms with E-state index in [-0.39, 0.29) is 5.82 Å². The van der Waals surface area contributed by atoms with Crippen LogP contribution in [0, 0.1) is 12.7 Å². The van der Waals surface area contributed by atoms with Crippen LogP contribution < -0.4 is 5.73 Å². The van der Waals surface area contributed by atoms with Crippen molar-refractivity contribution in [3.05, 3.63) is 35.5 Å². The highest BCUT2D eigenvalue weighted by molar-refractivity contribution is 7.80. The Morgan fingerprint density at radius 1 is 1.60 bits per heavy atom. The van der Waals surface area contributed by atoms with E-state index in [1.54, 1.807) is 10.5 Å². The van der Waals surface area contributed by atoms with E-state index >= 15 is 0 Å². The van der Waals surface area contributed by atoms with Crippen LogP contribution in [0.1, 0.15) is 11.4 Å². The van der Waals surface area contributed by atoms with Gasteiger partial charge in [0.25, 0.3) is 0 Å². The Morgan fingerprint density at radius 3 is 3.00 bits per heavy atom. The predicted octanol–water partition coefficient (Wildman–Crippen LogP) is 1.61. The van der Waals surface area contributed by atoms with Crippen LogP contribution in [0.2, 0.25) is 0 Å². The number of aryl methyl sites for hydroxylation is 1. The molecule has 0 saturated heterocycles. The third kappa shape index (κ3) is 1.83. The molecule has 15 heavy (non-hydrogen) atoms. The molecule has 3 nitrogen and oxygen atoms in total. The van der Waals surface area contributed by atoms with Gasteiger partial charge in [0.15, 0.2) is 0 Å². The van der Waals surface area contributed by atoms with Crippen LogP contribution in [0.4, 0.5) is 4.39 Å². The van der Waals surface area contributed by atoms with Crippen molar-refractivity contribution in [1.82, 2.24) is 9.38 Å². The fourth-order valence-corrected chi connectivity index (χ4v) is 1.70. The fraction of sp³-hybridized carbons (Fsp3) is 0.200. The Hall–Kier alpha value is -1.49. The lowest BCUT2D eigenvalue weighted by Crippen LogP contribution is -2.13. The predicted molar refractivity (Wildman–Crippen MR) is 60.4 cm³/mol. The number of thiocarbonyl (C=S) groups is 1. The summed E-state index contributed by atoms with van der Waals surface area (Å²) in [7, 11) is 0. The minimum atomic E-state index is -0.302. The summed E-state index contributed by atoms with van der Waals surface area (Å²) < 4.78 is 14.7. The number of nitrogens with two attached hydrogens (primary N) is 1. The number of nitrogens with zero attached hydrogens (tertiary/aromatic N) is 2. The van der Waals surface area contributed by atoms with Crippen molar-refractivity contribution in [3.8, 4) is 0 Å². The molecule has 0 aromatic carbocycles. The molecule has 2 N–H and O–H groups in total. The fourth-order valence-electron chi connectivity index (χ4n) is 1.56. The van der Waals surface area contributed by atoms with Gasteiger partial charge in [0.1, 0.15) is 11.5 Å². The van der Waals surface area contributed by atoms with E-state index in [4.69, 9.17) is 18.0 Å². The van der Waals surface area contributed by atoms with Crippen molar-refractivity contribution in [2.24, 2.45) is 5.73 Å². The average Bonchev–Trinajstić information content (AvgIpc) is 2.43. The highest BCUT2D eigenvalue weighted by Crippen LogP contribution is 2.13. The van der Waals surface area contributed by atoms with Crippen molar-refractivity contribution >= 4 is 22.9 Å². The van der Waals surface area contributed by atoms with E-state index in [1.165, 1.54) is 12.3 Å². The Labute approximate surface area is 91.7 Å². The number of hydrogen-bond donors (Lipinski definition) is 1. The van der Waals surface area contributed by atoms with E-state index in [2.05, 4.69) is 4.98 Å². The van der Waals surface area contributed by atoms with Crippen molar-refractivity contribution in [3.63, 3.8) is 0 Å². The van der Waals surface area contributed by atoms with Gasteiger partial charge in [0.2, 0.25) is 0 Å². The highest BCUT2D eigenvalue weighted by atomic mass is 32.1. The first-order chi connectivity index (χ1) is 7.08. The number of aromatic nitrogens is 2. The maximum absolute atomic E-state index is 13.1. The lowest BCUT2D eigenvalue weighted by atomic mass is 10.2. The minimum Gasteiger partial charge on any atom is -0.393 e. The van der Waals surface area contributed by atoms with E-state index < -0.39 is 0 Å². The Morgan fingerprint density at radius 2 is 2.33 bits per heavy atom. The Kier molecular flexibility index (Phi) is 2.40. The molecular weight excluding hydrogens is 213 g/mol. The summed E-state index contributed by atoms with van der Waals surface area (Å²) in [6.45, 7) is 1.86. The number of fused-ring (bicyclic) bond motifs is 1. The van der Waals surface area contributed by atoms with Gasteiger partial charge in [-0.15, -0.1) is 0 Å². The van der Waals surface area contributed by atoms with Gasteiger partial charge in [-0.05, 0) is 19.1 Å². The molecule has 0 unspecified atom stereocenters. The number of halogens is 1. The molecule has 2 rings (SSSR count). The van der Waals surface area contributed by atoms with Crippen LogP contribution in [0.5, 0.6) is 0 Å². The SMILES string of the molecule is Cc1nc2ccc(F)cn2c1CC(N)=S. The van der Waals surface area contributed by atoms with Crippen molar-refractivity contribution in [2.75, 3.05) is 0 Å². The zero-order valence-electron chi connectivity index (χ0n) is 8.20. The second kappa shape index (κ2) is 3.58. The zero-order valence-corrected chi connectivity index (χ0v) is 9.01. The second-order valence-corrected chi connectivity index (χ2v) is 3.89. The van der Waals surface area contributed by atoms with Crippen molar-refractivity contribution in [1.29, 1.82) is 0 Å². The maximum atomic E-state index is 13.1. The number of imidazole rings is 1. The molecule has 0 aliphatic rings. The van der Waals surface area contributed by atoms with Crippen LogP contribution in [-0.2, 0) is 6.42 Å². The van der Waals surface area contributed by atoms with Crippen LogP contribution in [0.15, 0.2) is 18.3 Å². The molecule has 0 fully saturated rings. The molecule has 0 spiro atoms. The van der Waals surface area contributed by atoms with Gasteiger partial charge in [-0.25, -0.2) is 9.37 Å². The molecule has 2 aromatic heterocycles. The number of pyridine rings is 1. The molecule has 78 valence electrons. The summed E-state index contributed by atoms with van der Waals surface area (Å²) in [5.74, 6) is -0.302. The van der Waals surface area contributed by atoms with E-state index in [0.717, 1.165) is 11.4 Å². The topological polar surface area (TPSA) is 43.3 Å². The zero-order chi connectivity index (χ0) is 11.0. The van der Waals surface area contributed by atoms with Gasteiger partial charge in [0, 0.05) is 12.6 Å². The average molecular weight is 223 g/mol. The molecule has 0 aliphatic heterocycles. The Bertz CT molecular complexity index is 533. The lowest BCUT2D eigenvalue weighted by Gasteiger charge is -2.01. The number of rotatable bonds is 2. The first-order valence-corrected chi connectivity index (χ1v) is 4.90. The standard InChI is InChI=1S/C10H10FN3S/c1-6-8(4-9(12)15)14-5-7(11)2-3-10(14)13-6/h2-3,5H,4H2,1H3,(H2,12,15). The molecule has 2 heterocycles. The summed E-state index contributed by atoms with van der Waals surface area (Å²) in [6, 6.07) is 3.01. The second-order valence-electron chi connectivity index (χ2n) is 3.36. The van der Waals surface area contributed by atoms with Gasteiger partial charge in [-0.1, -0.05) is 12.2 Å². The monoisotopic (exact) mass is 223 g/mol. The third-order valence-corrected chi connectivity index (χ3v) is 2.37. The van der Waals surface area contributed by atoms with Crippen LogP contribution in [0.3, 0.4) is 0 Å². The highest BCUT2D eigenvalue weighted by Gasteiger charge is 2.09. The molecule has 2 aromatic rings.